The van der Waals surface area contributed by atoms with Crippen LogP contribution in [0.25, 0.3) is 0 Å². The highest BCUT2D eigenvalue weighted by atomic mass is 16.3. The average Bonchev–Trinajstić information content (AvgIpc) is 2.49. The van der Waals surface area contributed by atoms with Crippen molar-refractivity contribution in [2.45, 2.75) is 32.3 Å². The molecule has 1 N–H and O–H groups in total. The Balaban J connectivity index is 1.78. The van der Waals surface area contributed by atoms with Crippen LogP contribution in [0.15, 0.2) is 42.5 Å². The van der Waals surface area contributed by atoms with Crippen LogP contribution in [0.5, 0.6) is 0 Å². The van der Waals surface area contributed by atoms with Gasteiger partial charge >= 0.3 is 0 Å². The Bertz CT molecular complexity index is 618. The summed E-state index contributed by atoms with van der Waals surface area (Å²) < 4.78 is 0. The Morgan fingerprint density at radius 1 is 1.14 bits per heavy atom. The second kappa shape index (κ2) is 5.90. The second-order valence-corrected chi connectivity index (χ2v) is 6.12. The molecule has 0 spiro atoms. The molecule has 0 radical (unpaired) electrons. The van der Waals surface area contributed by atoms with E-state index in [-0.39, 0.29) is 0 Å². The highest BCUT2D eigenvalue weighted by molar-refractivity contribution is 5.56. The minimum atomic E-state index is -0.426. The SMILES string of the molecule is Cc1ccc(CC(O)c2ccc3c(c2)CCCN3C)cc1. The van der Waals surface area contributed by atoms with E-state index < -0.39 is 6.10 Å². The van der Waals surface area contributed by atoms with Gasteiger partial charge in [0.2, 0.25) is 0 Å². The summed E-state index contributed by atoms with van der Waals surface area (Å²) >= 11 is 0. The summed E-state index contributed by atoms with van der Waals surface area (Å²) in [5.74, 6) is 0. The maximum Gasteiger partial charge on any atom is 0.0830 e. The largest absolute Gasteiger partial charge is 0.388 e. The van der Waals surface area contributed by atoms with Gasteiger partial charge in [0.15, 0.2) is 0 Å². The van der Waals surface area contributed by atoms with Crippen molar-refractivity contribution in [1.82, 2.24) is 0 Å². The van der Waals surface area contributed by atoms with Gasteiger partial charge in [-0.1, -0.05) is 42.0 Å². The molecule has 1 aliphatic rings. The predicted molar refractivity (Wildman–Crippen MR) is 87.9 cm³/mol. The van der Waals surface area contributed by atoms with Gasteiger partial charge in [-0.25, -0.2) is 0 Å². The molecule has 0 fully saturated rings. The first-order valence-corrected chi connectivity index (χ1v) is 7.71. The van der Waals surface area contributed by atoms with Gasteiger partial charge in [0.05, 0.1) is 6.10 Å². The molecule has 0 amide bonds. The lowest BCUT2D eigenvalue weighted by molar-refractivity contribution is 0.178. The smallest absolute Gasteiger partial charge is 0.0830 e. The van der Waals surface area contributed by atoms with Gasteiger partial charge in [0, 0.05) is 25.7 Å². The maximum atomic E-state index is 10.5. The Hall–Kier alpha value is -1.80. The van der Waals surface area contributed by atoms with Crippen LogP contribution in [0.2, 0.25) is 0 Å². The number of aliphatic hydroxyl groups is 1. The monoisotopic (exact) mass is 281 g/mol. The van der Waals surface area contributed by atoms with Crippen LogP contribution >= 0.6 is 0 Å². The summed E-state index contributed by atoms with van der Waals surface area (Å²) in [4.78, 5) is 2.30. The van der Waals surface area contributed by atoms with E-state index in [2.05, 4.69) is 61.3 Å². The number of aryl methyl sites for hydroxylation is 2. The summed E-state index contributed by atoms with van der Waals surface area (Å²) in [7, 11) is 2.14. The van der Waals surface area contributed by atoms with E-state index in [1.807, 2.05) is 0 Å². The van der Waals surface area contributed by atoms with Gasteiger partial charge in [0.25, 0.3) is 0 Å². The zero-order valence-electron chi connectivity index (χ0n) is 12.8. The van der Waals surface area contributed by atoms with Gasteiger partial charge < -0.3 is 10.0 Å². The molecule has 110 valence electrons. The highest BCUT2D eigenvalue weighted by Gasteiger charge is 2.16. The maximum absolute atomic E-state index is 10.5. The third kappa shape index (κ3) is 3.11. The molecule has 2 aromatic rings. The highest BCUT2D eigenvalue weighted by Crippen LogP contribution is 2.29. The third-order valence-corrected chi connectivity index (χ3v) is 4.39. The molecular weight excluding hydrogens is 258 g/mol. The minimum Gasteiger partial charge on any atom is -0.388 e. The van der Waals surface area contributed by atoms with Crippen LogP contribution < -0.4 is 4.90 Å². The van der Waals surface area contributed by atoms with Gasteiger partial charge in [-0.2, -0.15) is 0 Å². The summed E-state index contributed by atoms with van der Waals surface area (Å²) in [6.45, 7) is 3.21. The van der Waals surface area contributed by atoms with Crippen LogP contribution in [0.4, 0.5) is 5.69 Å². The Morgan fingerprint density at radius 3 is 2.67 bits per heavy atom. The van der Waals surface area contributed by atoms with Crippen LogP contribution in [0.1, 0.15) is 34.8 Å². The first-order valence-electron chi connectivity index (χ1n) is 7.71. The summed E-state index contributed by atoms with van der Waals surface area (Å²) in [6, 6.07) is 14.8. The van der Waals surface area contributed by atoms with Crippen LogP contribution in [-0.4, -0.2) is 18.7 Å². The molecule has 1 unspecified atom stereocenters. The molecule has 2 heteroatoms. The number of hydrogen-bond acceptors (Lipinski definition) is 2. The molecule has 2 aromatic carbocycles. The van der Waals surface area contributed by atoms with E-state index in [0.29, 0.717) is 6.42 Å². The number of anilines is 1. The Labute approximate surface area is 127 Å². The fraction of sp³-hybridized carbons (Fsp3) is 0.368. The van der Waals surface area contributed by atoms with E-state index in [9.17, 15) is 5.11 Å². The molecular formula is C19H23NO. The fourth-order valence-electron chi connectivity index (χ4n) is 3.08. The zero-order valence-corrected chi connectivity index (χ0v) is 12.8. The van der Waals surface area contributed by atoms with Crippen molar-refractivity contribution in [3.8, 4) is 0 Å². The molecule has 21 heavy (non-hydrogen) atoms. The number of rotatable bonds is 3. The molecule has 3 rings (SSSR count). The van der Waals surface area contributed by atoms with Crippen molar-refractivity contribution in [2.75, 3.05) is 18.5 Å². The summed E-state index contributed by atoms with van der Waals surface area (Å²) in [5.41, 5.74) is 6.15. The third-order valence-electron chi connectivity index (χ3n) is 4.39. The standard InChI is InChI=1S/C19H23NO/c1-14-5-7-15(8-6-14)12-19(21)17-9-10-18-16(13-17)4-3-11-20(18)2/h5-10,13,19,21H,3-4,11-12H2,1-2H3. The zero-order chi connectivity index (χ0) is 14.8. The second-order valence-electron chi connectivity index (χ2n) is 6.12. The normalized spacial score (nSPS) is 15.7. The predicted octanol–water partition coefficient (Wildman–Crippen LogP) is 3.65. The van der Waals surface area contributed by atoms with Crippen molar-refractivity contribution in [3.63, 3.8) is 0 Å². The molecule has 0 aromatic heterocycles. The fourth-order valence-corrected chi connectivity index (χ4v) is 3.08. The van der Waals surface area contributed by atoms with Crippen molar-refractivity contribution < 1.29 is 5.11 Å². The molecule has 1 atom stereocenters. The lowest BCUT2D eigenvalue weighted by atomic mass is 9.95. The van der Waals surface area contributed by atoms with Crippen LogP contribution in [0.3, 0.4) is 0 Å². The van der Waals surface area contributed by atoms with Gasteiger partial charge in [0.1, 0.15) is 0 Å². The quantitative estimate of drug-likeness (QED) is 0.928. The molecule has 0 saturated carbocycles. The first-order chi connectivity index (χ1) is 10.1. The van der Waals surface area contributed by atoms with E-state index in [0.717, 1.165) is 18.5 Å². The summed E-state index contributed by atoms with van der Waals surface area (Å²) in [5, 5.41) is 10.5. The van der Waals surface area contributed by atoms with Crippen LogP contribution in [-0.2, 0) is 12.8 Å². The van der Waals surface area contributed by atoms with Crippen molar-refractivity contribution in [2.24, 2.45) is 0 Å². The van der Waals surface area contributed by atoms with Gasteiger partial charge in [-0.05, 0) is 42.5 Å². The lowest BCUT2D eigenvalue weighted by Gasteiger charge is -2.28. The molecule has 2 nitrogen and oxygen atoms in total. The van der Waals surface area contributed by atoms with Crippen molar-refractivity contribution in [1.29, 1.82) is 0 Å². The Kier molecular flexibility index (Phi) is 3.98. The van der Waals surface area contributed by atoms with E-state index in [1.54, 1.807) is 0 Å². The molecule has 0 saturated heterocycles. The molecule has 0 bridgehead atoms. The Morgan fingerprint density at radius 2 is 1.90 bits per heavy atom. The van der Waals surface area contributed by atoms with Crippen LogP contribution in [0, 0.1) is 6.92 Å². The summed E-state index contributed by atoms with van der Waals surface area (Å²) in [6.07, 6.45) is 2.56. The topological polar surface area (TPSA) is 23.5 Å². The van der Waals surface area contributed by atoms with Crippen molar-refractivity contribution in [3.05, 3.63) is 64.7 Å². The molecule has 0 aliphatic carbocycles. The van der Waals surface area contributed by atoms with Crippen molar-refractivity contribution >= 4 is 5.69 Å². The first kappa shape index (κ1) is 14.2. The van der Waals surface area contributed by atoms with Gasteiger partial charge in [-0.15, -0.1) is 0 Å². The number of aliphatic hydroxyl groups excluding tert-OH is 1. The molecule has 1 heterocycles. The number of nitrogens with zero attached hydrogens (tertiary/aromatic N) is 1. The number of benzene rings is 2. The van der Waals surface area contributed by atoms with E-state index in [4.69, 9.17) is 0 Å². The molecule has 1 aliphatic heterocycles. The lowest BCUT2D eigenvalue weighted by Crippen LogP contribution is -2.24. The average molecular weight is 281 g/mol. The number of hydrogen-bond donors (Lipinski definition) is 1. The number of fused-ring (bicyclic) bond motifs is 1. The van der Waals surface area contributed by atoms with E-state index in [1.165, 1.54) is 28.8 Å². The van der Waals surface area contributed by atoms with Gasteiger partial charge in [-0.3, -0.25) is 0 Å². The minimum absolute atomic E-state index is 0.426. The van der Waals surface area contributed by atoms with E-state index >= 15 is 0 Å².